The summed E-state index contributed by atoms with van der Waals surface area (Å²) in [6.45, 7) is 10.1. The first-order valence-electron chi connectivity index (χ1n) is 9.39. The van der Waals surface area contributed by atoms with E-state index >= 15 is 0 Å². The molecule has 3 rings (SSSR count). The number of hydrogen-bond donors (Lipinski definition) is 2. The lowest BCUT2D eigenvalue weighted by molar-refractivity contribution is -0.0471. The smallest absolute Gasteiger partial charge is 0.333 e. The summed E-state index contributed by atoms with van der Waals surface area (Å²) in [6, 6.07) is 8.92. The van der Waals surface area contributed by atoms with Crippen LogP contribution in [-0.4, -0.2) is 26.7 Å². The zero-order valence-electron chi connectivity index (χ0n) is 17.2. The number of sulfonamides is 1. The van der Waals surface area contributed by atoms with Crippen LogP contribution in [0.25, 0.3) is 0 Å². The minimum Gasteiger partial charge on any atom is -0.482 e. The molecular formula is C21H26N2O5S. The van der Waals surface area contributed by atoms with Gasteiger partial charge in [0.1, 0.15) is 17.5 Å². The van der Waals surface area contributed by atoms with Crippen molar-refractivity contribution in [3.8, 4) is 5.75 Å². The van der Waals surface area contributed by atoms with E-state index in [1.165, 1.54) is 12.1 Å². The molecule has 0 aliphatic carbocycles. The molecule has 0 bridgehead atoms. The molecule has 2 aromatic rings. The third-order valence-corrected chi connectivity index (χ3v) is 6.16. The summed E-state index contributed by atoms with van der Waals surface area (Å²) < 4.78 is 38.9. The third-order valence-electron chi connectivity index (χ3n) is 4.81. The molecule has 0 saturated carbocycles. The fourth-order valence-corrected chi connectivity index (χ4v) is 4.30. The van der Waals surface area contributed by atoms with E-state index in [0.29, 0.717) is 18.0 Å². The molecule has 2 amide bonds. The van der Waals surface area contributed by atoms with E-state index < -0.39 is 21.7 Å². The Morgan fingerprint density at radius 1 is 1.14 bits per heavy atom. The second-order valence-electron chi connectivity index (χ2n) is 7.59. The molecule has 1 aliphatic heterocycles. The van der Waals surface area contributed by atoms with E-state index in [2.05, 4.69) is 5.32 Å². The van der Waals surface area contributed by atoms with Crippen LogP contribution in [0.2, 0.25) is 0 Å². The van der Waals surface area contributed by atoms with E-state index in [1.54, 1.807) is 18.2 Å². The number of anilines is 1. The molecule has 0 aromatic heterocycles. The van der Waals surface area contributed by atoms with Gasteiger partial charge in [-0.1, -0.05) is 23.8 Å². The van der Waals surface area contributed by atoms with Crippen molar-refractivity contribution in [3.05, 3.63) is 53.1 Å². The molecular weight excluding hydrogens is 392 g/mol. The molecule has 8 heteroatoms. The average molecular weight is 419 g/mol. The molecule has 0 spiro atoms. The Balaban J connectivity index is 1.85. The lowest BCUT2D eigenvalue weighted by atomic mass is 9.94. The van der Waals surface area contributed by atoms with Gasteiger partial charge in [0.2, 0.25) is 0 Å². The van der Waals surface area contributed by atoms with Crippen molar-refractivity contribution in [1.29, 1.82) is 0 Å². The van der Waals surface area contributed by atoms with E-state index in [4.69, 9.17) is 9.47 Å². The van der Waals surface area contributed by atoms with E-state index in [-0.39, 0.29) is 11.0 Å². The molecule has 0 unspecified atom stereocenters. The Morgan fingerprint density at radius 3 is 2.41 bits per heavy atom. The largest absolute Gasteiger partial charge is 0.482 e. The summed E-state index contributed by atoms with van der Waals surface area (Å²) in [4.78, 5) is 12.4. The Morgan fingerprint density at radius 2 is 1.79 bits per heavy atom. The first-order chi connectivity index (χ1) is 13.5. The van der Waals surface area contributed by atoms with Crippen LogP contribution in [-0.2, 0) is 14.8 Å². The highest BCUT2D eigenvalue weighted by Crippen LogP contribution is 2.50. The fraction of sp³-hybridized carbons (Fsp3) is 0.381. The summed E-state index contributed by atoms with van der Waals surface area (Å²) in [5.41, 5.74) is 2.52. The van der Waals surface area contributed by atoms with Crippen LogP contribution < -0.4 is 14.8 Å². The topological polar surface area (TPSA) is 93.7 Å². The normalized spacial score (nSPS) is 17.3. The minimum absolute atomic E-state index is 0.0150. The number of amides is 2. The lowest BCUT2D eigenvalue weighted by Gasteiger charge is -2.26. The number of ether oxygens (including phenoxy) is 2. The van der Waals surface area contributed by atoms with Gasteiger partial charge in [-0.3, -0.25) is 0 Å². The molecule has 2 aromatic carbocycles. The predicted molar refractivity (Wildman–Crippen MR) is 111 cm³/mol. The van der Waals surface area contributed by atoms with Gasteiger partial charge < -0.3 is 14.8 Å². The first-order valence-corrected chi connectivity index (χ1v) is 10.9. The number of urea groups is 1. The third kappa shape index (κ3) is 4.23. The second kappa shape index (κ2) is 7.68. The number of fused-ring (bicyclic) bond motifs is 1. The Kier molecular flexibility index (Phi) is 5.60. The van der Waals surface area contributed by atoms with Crippen molar-refractivity contribution in [2.24, 2.45) is 0 Å². The molecule has 7 nitrogen and oxygen atoms in total. The lowest BCUT2D eigenvalue weighted by Crippen LogP contribution is -2.34. The average Bonchev–Trinajstić information content (AvgIpc) is 2.89. The minimum atomic E-state index is -3.99. The van der Waals surface area contributed by atoms with Crippen LogP contribution in [0, 0.1) is 13.8 Å². The molecule has 1 atom stereocenters. The molecule has 2 N–H and O–H groups in total. The zero-order valence-corrected chi connectivity index (χ0v) is 18.0. The first kappa shape index (κ1) is 21.1. The van der Waals surface area contributed by atoms with Gasteiger partial charge in [-0.25, -0.2) is 17.9 Å². The standard InChI is InChI=1S/C21H26N2O5S/c1-6-27-19-17-14(3)9-12-16(18(17)28-21(19,4)5)22-20(24)23-29(25,26)15-10-7-13(2)8-11-15/h7-12,19H,6H2,1-5H3,(H2,22,23,24)/t19-/m0/s1. The van der Waals surface area contributed by atoms with Crippen molar-refractivity contribution >= 4 is 21.7 Å². The number of aryl methyl sites for hydroxylation is 2. The van der Waals surface area contributed by atoms with Crippen molar-refractivity contribution in [1.82, 2.24) is 4.72 Å². The second-order valence-corrected chi connectivity index (χ2v) is 9.27. The maximum Gasteiger partial charge on any atom is 0.333 e. The van der Waals surface area contributed by atoms with Crippen LogP contribution in [0.5, 0.6) is 5.75 Å². The van der Waals surface area contributed by atoms with Crippen LogP contribution >= 0.6 is 0 Å². The van der Waals surface area contributed by atoms with Gasteiger partial charge in [0.25, 0.3) is 10.0 Å². The van der Waals surface area contributed by atoms with Crippen LogP contribution in [0.15, 0.2) is 41.3 Å². The van der Waals surface area contributed by atoms with Crippen molar-refractivity contribution in [2.45, 2.75) is 51.2 Å². The van der Waals surface area contributed by atoms with Gasteiger partial charge in [-0.05, 0) is 58.4 Å². The van der Waals surface area contributed by atoms with Crippen LogP contribution in [0.1, 0.15) is 43.6 Å². The van der Waals surface area contributed by atoms with E-state index in [0.717, 1.165) is 16.7 Å². The SMILES string of the molecule is CCO[C@H]1c2c(C)ccc(NC(=O)NS(=O)(=O)c3ccc(C)cc3)c2OC1(C)C. The maximum atomic E-state index is 12.4. The molecule has 29 heavy (non-hydrogen) atoms. The Bertz CT molecular complexity index is 1030. The number of carbonyl (C=O) groups is 1. The van der Waals surface area contributed by atoms with Gasteiger partial charge in [-0.15, -0.1) is 0 Å². The summed E-state index contributed by atoms with van der Waals surface area (Å²) in [6.07, 6.45) is -0.288. The molecule has 1 aliphatic rings. The Hall–Kier alpha value is -2.58. The van der Waals surface area contributed by atoms with Gasteiger partial charge in [0.15, 0.2) is 0 Å². The Labute approximate surface area is 171 Å². The van der Waals surface area contributed by atoms with Gasteiger partial charge in [0, 0.05) is 12.2 Å². The summed E-state index contributed by atoms with van der Waals surface area (Å²) in [5, 5.41) is 2.60. The van der Waals surface area contributed by atoms with Gasteiger partial charge in [0.05, 0.1) is 10.6 Å². The summed E-state index contributed by atoms with van der Waals surface area (Å²) >= 11 is 0. The number of benzene rings is 2. The summed E-state index contributed by atoms with van der Waals surface area (Å²) in [5.74, 6) is 0.497. The van der Waals surface area contributed by atoms with E-state index in [9.17, 15) is 13.2 Å². The number of nitrogens with one attached hydrogen (secondary N) is 2. The van der Waals surface area contributed by atoms with Gasteiger partial charge >= 0.3 is 6.03 Å². The van der Waals surface area contributed by atoms with E-state index in [1.807, 2.05) is 45.4 Å². The molecule has 0 radical (unpaired) electrons. The maximum absolute atomic E-state index is 12.4. The molecule has 156 valence electrons. The zero-order chi connectivity index (χ0) is 21.4. The van der Waals surface area contributed by atoms with Crippen LogP contribution in [0.4, 0.5) is 10.5 Å². The fourth-order valence-electron chi connectivity index (χ4n) is 3.39. The highest BCUT2D eigenvalue weighted by Gasteiger charge is 2.44. The monoisotopic (exact) mass is 418 g/mol. The van der Waals surface area contributed by atoms with Crippen LogP contribution in [0.3, 0.4) is 0 Å². The molecule has 0 saturated heterocycles. The highest BCUT2D eigenvalue weighted by molar-refractivity contribution is 7.90. The number of hydrogen-bond acceptors (Lipinski definition) is 5. The summed E-state index contributed by atoms with van der Waals surface area (Å²) in [7, 11) is -3.99. The number of rotatable bonds is 5. The molecule has 0 fully saturated rings. The predicted octanol–water partition coefficient (Wildman–Crippen LogP) is 4.06. The van der Waals surface area contributed by atoms with Crippen molar-refractivity contribution < 1.29 is 22.7 Å². The quantitative estimate of drug-likeness (QED) is 0.764. The molecule has 1 heterocycles. The highest BCUT2D eigenvalue weighted by atomic mass is 32.2. The van der Waals surface area contributed by atoms with Gasteiger partial charge in [-0.2, -0.15) is 0 Å². The van der Waals surface area contributed by atoms with Crippen molar-refractivity contribution in [2.75, 3.05) is 11.9 Å². The van der Waals surface area contributed by atoms with Crippen molar-refractivity contribution in [3.63, 3.8) is 0 Å². The number of carbonyl (C=O) groups excluding carboxylic acids is 1.